The van der Waals surface area contributed by atoms with Crippen molar-refractivity contribution in [1.29, 1.82) is 0 Å². The molecule has 2 aromatic rings. The minimum absolute atomic E-state index is 0.00910. The van der Waals surface area contributed by atoms with Crippen molar-refractivity contribution in [2.45, 2.75) is 51.1 Å². The summed E-state index contributed by atoms with van der Waals surface area (Å²) in [6.07, 6.45) is 0.850. The number of hydrogen-bond acceptors (Lipinski definition) is 4. The molecule has 2 heterocycles. The van der Waals surface area contributed by atoms with Crippen molar-refractivity contribution in [1.82, 2.24) is 19.0 Å². The van der Waals surface area contributed by atoms with Gasteiger partial charge in [-0.25, -0.2) is 8.42 Å². The molecule has 0 amide bonds. The number of likely N-dealkylation sites (N-methyl/N-ethyl adjacent to an activating group) is 1. The van der Waals surface area contributed by atoms with Gasteiger partial charge in [0.25, 0.3) is 0 Å². The molecule has 1 aromatic heterocycles. The van der Waals surface area contributed by atoms with Crippen molar-refractivity contribution < 1.29 is 8.42 Å². The molecule has 2 atom stereocenters. The number of sulfonamides is 1. The van der Waals surface area contributed by atoms with Crippen LogP contribution in [0.2, 0.25) is 0 Å². The summed E-state index contributed by atoms with van der Waals surface area (Å²) in [6.45, 7) is 9.82. The predicted octanol–water partition coefficient (Wildman–Crippen LogP) is 2.88. The molecule has 0 aliphatic carbocycles. The van der Waals surface area contributed by atoms with Gasteiger partial charge in [-0.2, -0.15) is 9.40 Å². The first-order valence-corrected chi connectivity index (χ1v) is 11.0. The summed E-state index contributed by atoms with van der Waals surface area (Å²) in [5.41, 5.74) is 2.53. The molecule has 0 N–H and O–H groups in total. The maximum Gasteiger partial charge on any atom is 0.247 e. The quantitative estimate of drug-likeness (QED) is 0.761. The third-order valence-electron chi connectivity index (χ3n) is 5.75. The second-order valence-electron chi connectivity index (χ2n) is 7.36. The van der Waals surface area contributed by atoms with Crippen molar-refractivity contribution in [3.05, 3.63) is 47.3 Å². The van der Waals surface area contributed by atoms with Crippen LogP contribution in [-0.4, -0.2) is 53.1 Å². The van der Waals surface area contributed by atoms with Gasteiger partial charge in [0.05, 0.1) is 11.4 Å². The topological polar surface area (TPSA) is 58.4 Å². The van der Waals surface area contributed by atoms with Crippen LogP contribution in [-0.2, 0) is 17.1 Å². The van der Waals surface area contributed by atoms with Gasteiger partial charge < -0.3 is 0 Å². The Hall–Kier alpha value is -1.70. The molecule has 0 radical (unpaired) electrons. The summed E-state index contributed by atoms with van der Waals surface area (Å²) in [4.78, 5) is 2.74. The Kier molecular flexibility index (Phi) is 5.74. The molecule has 1 aliphatic heterocycles. The van der Waals surface area contributed by atoms with E-state index in [1.165, 1.54) is 5.56 Å². The second-order valence-corrected chi connectivity index (χ2v) is 9.18. The van der Waals surface area contributed by atoms with E-state index in [1.807, 2.05) is 19.9 Å². The smallest absolute Gasteiger partial charge is 0.247 e. The average Bonchev–Trinajstić information content (AvgIpc) is 3.20. The van der Waals surface area contributed by atoms with Crippen molar-refractivity contribution in [2.24, 2.45) is 7.05 Å². The first-order chi connectivity index (χ1) is 12.8. The Balaban J connectivity index is 1.82. The van der Waals surface area contributed by atoms with E-state index >= 15 is 0 Å². The fourth-order valence-corrected chi connectivity index (χ4v) is 6.23. The lowest BCUT2D eigenvalue weighted by atomic mass is 10.1. The van der Waals surface area contributed by atoms with Crippen LogP contribution in [0.15, 0.2) is 35.2 Å². The highest BCUT2D eigenvalue weighted by atomic mass is 32.2. The Bertz CT molecular complexity index is 892. The number of aromatic nitrogens is 2. The minimum Gasteiger partial charge on any atom is -0.295 e. The monoisotopic (exact) mass is 390 g/mol. The highest BCUT2D eigenvalue weighted by Crippen LogP contribution is 2.31. The summed E-state index contributed by atoms with van der Waals surface area (Å²) in [7, 11) is -1.78. The lowest BCUT2D eigenvalue weighted by Gasteiger charge is -2.29. The highest BCUT2D eigenvalue weighted by molar-refractivity contribution is 7.89. The van der Waals surface area contributed by atoms with Crippen LogP contribution in [0.5, 0.6) is 0 Å². The number of likely N-dealkylation sites (tertiary alicyclic amines) is 1. The summed E-state index contributed by atoms with van der Waals surface area (Å²) in [6, 6.07) is 10.7. The molecule has 1 fully saturated rings. The van der Waals surface area contributed by atoms with E-state index in [0.717, 1.165) is 19.5 Å². The number of rotatable bonds is 6. The third kappa shape index (κ3) is 3.68. The van der Waals surface area contributed by atoms with E-state index in [0.29, 0.717) is 22.8 Å². The summed E-state index contributed by atoms with van der Waals surface area (Å²) < 4.78 is 30.1. The fraction of sp³-hybridized carbons (Fsp3) is 0.550. The fourth-order valence-electron chi connectivity index (χ4n) is 4.17. The van der Waals surface area contributed by atoms with Crippen LogP contribution in [0.4, 0.5) is 0 Å². The summed E-state index contributed by atoms with van der Waals surface area (Å²) in [5, 5.41) is 4.30. The molecule has 0 bridgehead atoms. The van der Waals surface area contributed by atoms with Gasteiger partial charge in [-0.3, -0.25) is 9.58 Å². The largest absolute Gasteiger partial charge is 0.295 e. The third-order valence-corrected chi connectivity index (χ3v) is 8.03. The van der Waals surface area contributed by atoms with Gasteiger partial charge in [0, 0.05) is 38.8 Å². The molecule has 6 nitrogen and oxygen atoms in total. The Morgan fingerprint density at radius 2 is 1.93 bits per heavy atom. The molecule has 7 heteroatoms. The van der Waals surface area contributed by atoms with Crippen LogP contribution in [0.25, 0.3) is 0 Å². The molecule has 0 saturated carbocycles. The number of aryl methyl sites for hydroxylation is 2. The van der Waals surface area contributed by atoms with Crippen molar-refractivity contribution >= 4 is 10.0 Å². The van der Waals surface area contributed by atoms with E-state index in [2.05, 4.69) is 41.2 Å². The molecule has 0 spiro atoms. The van der Waals surface area contributed by atoms with Crippen LogP contribution in [0.1, 0.15) is 43.3 Å². The lowest BCUT2D eigenvalue weighted by Crippen LogP contribution is -2.42. The SMILES string of the molecule is CCN(C1CCN(C(C)c2ccccc2)C1)S(=O)(=O)c1c(C)nn(C)c1C. The van der Waals surface area contributed by atoms with E-state index in [9.17, 15) is 8.42 Å². The molecule has 1 aliphatic rings. The molecular formula is C20H30N4O2S. The number of nitrogens with zero attached hydrogens (tertiary/aromatic N) is 4. The van der Waals surface area contributed by atoms with Crippen molar-refractivity contribution in [2.75, 3.05) is 19.6 Å². The summed E-state index contributed by atoms with van der Waals surface area (Å²) in [5.74, 6) is 0. The van der Waals surface area contributed by atoms with E-state index < -0.39 is 10.0 Å². The van der Waals surface area contributed by atoms with Gasteiger partial charge in [0.15, 0.2) is 0 Å². The maximum atomic E-state index is 13.4. The van der Waals surface area contributed by atoms with Gasteiger partial charge in [-0.15, -0.1) is 0 Å². The van der Waals surface area contributed by atoms with Crippen molar-refractivity contribution in [3.63, 3.8) is 0 Å². The zero-order valence-corrected chi connectivity index (χ0v) is 17.7. The van der Waals surface area contributed by atoms with Crippen LogP contribution in [0.3, 0.4) is 0 Å². The van der Waals surface area contributed by atoms with Gasteiger partial charge in [0.1, 0.15) is 4.90 Å². The standard InChI is InChI=1S/C20H30N4O2S/c1-6-24(27(25,26)20-15(2)21-22(5)17(20)4)19-12-13-23(14-19)16(3)18-10-8-7-9-11-18/h7-11,16,19H,6,12-14H2,1-5H3. The Labute approximate surface area is 162 Å². The van der Waals surface area contributed by atoms with Gasteiger partial charge in [0.2, 0.25) is 10.0 Å². The lowest BCUT2D eigenvalue weighted by molar-refractivity contribution is 0.239. The average molecular weight is 391 g/mol. The van der Waals surface area contributed by atoms with E-state index in [1.54, 1.807) is 23.0 Å². The van der Waals surface area contributed by atoms with E-state index in [4.69, 9.17) is 0 Å². The van der Waals surface area contributed by atoms with E-state index in [-0.39, 0.29) is 12.1 Å². The van der Waals surface area contributed by atoms with Crippen molar-refractivity contribution in [3.8, 4) is 0 Å². The molecule has 3 rings (SSSR count). The zero-order valence-electron chi connectivity index (χ0n) is 16.9. The normalized spacial score (nSPS) is 19.7. The predicted molar refractivity (Wildman–Crippen MR) is 107 cm³/mol. The molecule has 1 aromatic carbocycles. The molecular weight excluding hydrogens is 360 g/mol. The Morgan fingerprint density at radius 1 is 1.26 bits per heavy atom. The van der Waals surface area contributed by atoms with Gasteiger partial charge in [-0.1, -0.05) is 37.3 Å². The van der Waals surface area contributed by atoms with Gasteiger partial charge >= 0.3 is 0 Å². The first-order valence-electron chi connectivity index (χ1n) is 9.58. The molecule has 148 valence electrons. The maximum absolute atomic E-state index is 13.4. The molecule has 27 heavy (non-hydrogen) atoms. The molecule has 1 saturated heterocycles. The highest BCUT2D eigenvalue weighted by Gasteiger charge is 2.38. The Morgan fingerprint density at radius 3 is 2.48 bits per heavy atom. The van der Waals surface area contributed by atoms with Crippen LogP contribution >= 0.6 is 0 Å². The summed E-state index contributed by atoms with van der Waals surface area (Å²) >= 11 is 0. The molecule has 2 unspecified atom stereocenters. The number of benzene rings is 1. The van der Waals surface area contributed by atoms with Crippen LogP contribution in [0, 0.1) is 13.8 Å². The van der Waals surface area contributed by atoms with Crippen LogP contribution < -0.4 is 0 Å². The minimum atomic E-state index is -3.57. The van der Waals surface area contributed by atoms with Gasteiger partial charge in [-0.05, 0) is 32.8 Å². The number of hydrogen-bond donors (Lipinski definition) is 0. The first kappa shape index (κ1) is 20.0. The zero-order chi connectivity index (χ0) is 19.8. The second kappa shape index (κ2) is 7.73.